The predicted molar refractivity (Wildman–Crippen MR) is 87.0 cm³/mol. The van der Waals surface area contributed by atoms with E-state index in [4.69, 9.17) is 0 Å². The van der Waals surface area contributed by atoms with E-state index in [1.165, 1.54) is 0 Å². The van der Waals surface area contributed by atoms with Crippen LogP contribution in [0.2, 0.25) is 0 Å². The molecule has 0 saturated carbocycles. The largest absolute Gasteiger partial charge is 0.330 e. The lowest BCUT2D eigenvalue weighted by Gasteiger charge is -2.19. The molecule has 0 aliphatic carbocycles. The maximum atomic E-state index is 12.5. The van der Waals surface area contributed by atoms with E-state index in [0.717, 1.165) is 0 Å². The summed E-state index contributed by atoms with van der Waals surface area (Å²) < 4.78 is 0. The SMILES string of the molecule is CCN(Cc1nc2ccccc2c(=O)[nH]1)C(=O)c1ccccn1. The molecule has 1 aromatic carbocycles. The lowest BCUT2D eigenvalue weighted by atomic mass is 10.2. The molecule has 0 aliphatic rings. The normalized spacial score (nSPS) is 10.7. The molecule has 6 heteroatoms. The second-order valence-electron chi connectivity index (χ2n) is 5.06. The summed E-state index contributed by atoms with van der Waals surface area (Å²) in [6.45, 7) is 2.60. The van der Waals surface area contributed by atoms with Crippen LogP contribution in [-0.4, -0.2) is 32.3 Å². The quantitative estimate of drug-likeness (QED) is 0.799. The Morgan fingerprint density at radius 3 is 2.70 bits per heavy atom. The third-order valence-corrected chi connectivity index (χ3v) is 3.56. The van der Waals surface area contributed by atoms with Gasteiger partial charge in [0.2, 0.25) is 0 Å². The predicted octanol–water partition coefficient (Wildman–Crippen LogP) is 1.98. The van der Waals surface area contributed by atoms with Gasteiger partial charge in [0, 0.05) is 12.7 Å². The zero-order valence-electron chi connectivity index (χ0n) is 12.7. The smallest absolute Gasteiger partial charge is 0.272 e. The van der Waals surface area contributed by atoms with E-state index in [1.807, 2.05) is 13.0 Å². The van der Waals surface area contributed by atoms with Crippen molar-refractivity contribution in [3.63, 3.8) is 0 Å². The fourth-order valence-electron chi connectivity index (χ4n) is 2.37. The van der Waals surface area contributed by atoms with E-state index in [2.05, 4.69) is 15.0 Å². The number of hydrogen-bond donors (Lipinski definition) is 1. The van der Waals surface area contributed by atoms with Crippen LogP contribution in [0, 0.1) is 0 Å². The van der Waals surface area contributed by atoms with Gasteiger partial charge in [0.1, 0.15) is 11.5 Å². The van der Waals surface area contributed by atoms with Gasteiger partial charge in [0.05, 0.1) is 17.4 Å². The second kappa shape index (κ2) is 6.39. The van der Waals surface area contributed by atoms with Gasteiger partial charge in [-0.2, -0.15) is 0 Å². The van der Waals surface area contributed by atoms with Crippen molar-refractivity contribution in [3.05, 3.63) is 70.5 Å². The first kappa shape index (κ1) is 14.9. The molecule has 3 aromatic rings. The topological polar surface area (TPSA) is 79.0 Å². The van der Waals surface area contributed by atoms with Gasteiger partial charge in [-0.25, -0.2) is 4.98 Å². The van der Waals surface area contributed by atoms with E-state index in [9.17, 15) is 9.59 Å². The average Bonchev–Trinajstić information content (AvgIpc) is 2.60. The van der Waals surface area contributed by atoms with Crippen molar-refractivity contribution in [2.75, 3.05) is 6.54 Å². The number of rotatable bonds is 4. The minimum Gasteiger partial charge on any atom is -0.330 e. The molecular formula is C17H16N4O2. The molecule has 3 rings (SSSR count). The first-order valence-electron chi connectivity index (χ1n) is 7.37. The fraction of sp³-hybridized carbons (Fsp3) is 0.176. The highest BCUT2D eigenvalue weighted by Crippen LogP contribution is 2.09. The molecule has 116 valence electrons. The molecule has 0 saturated heterocycles. The number of hydrogen-bond acceptors (Lipinski definition) is 4. The first-order valence-corrected chi connectivity index (χ1v) is 7.37. The van der Waals surface area contributed by atoms with E-state index >= 15 is 0 Å². The molecule has 1 amide bonds. The number of benzene rings is 1. The maximum absolute atomic E-state index is 12.5. The molecule has 2 aromatic heterocycles. The Bertz CT molecular complexity index is 890. The number of nitrogens with one attached hydrogen (secondary N) is 1. The molecule has 23 heavy (non-hydrogen) atoms. The monoisotopic (exact) mass is 308 g/mol. The number of para-hydroxylation sites is 1. The third-order valence-electron chi connectivity index (χ3n) is 3.56. The zero-order valence-corrected chi connectivity index (χ0v) is 12.7. The average molecular weight is 308 g/mol. The van der Waals surface area contributed by atoms with Crippen LogP contribution in [-0.2, 0) is 6.54 Å². The van der Waals surface area contributed by atoms with Gasteiger partial charge in [-0.3, -0.25) is 14.6 Å². The second-order valence-corrected chi connectivity index (χ2v) is 5.06. The Labute approximate surface area is 132 Å². The van der Waals surface area contributed by atoms with Gasteiger partial charge in [-0.15, -0.1) is 0 Å². The highest BCUT2D eigenvalue weighted by molar-refractivity contribution is 5.92. The van der Waals surface area contributed by atoms with Gasteiger partial charge in [-0.05, 0) is 31.2 Å². The fourth-order valence-corrected chi connectivity index (χ4v) is 2.37. The highest BCUT2D eigenvalue weighted by Gasteiger charge is 2.16. The van der Waals surface area contributed by atoms with Crippen LogP contribution < -0.4 is 5.56 Å². The van der Waals surface area contributed by atoms with Gasteiger partial charge in [0.25, 0.3) is 11.5 Å². The van der Waals surface area contributed by atoms with Crippen molar-refractivity contribution in [2.24, 2.45) is 0 Å². The summed E-state index contributed by atoms with van der Waals surface area (Å²) >= 11 is 0. The molecule has 0 aliphatic heterocycles. The Kier molecular flexibility index (Phi) is 4.14. The maximum Gasteiger partial charge on any atom is 0.272 e. The molecule has 0 spiro atoms. The minimum atomic E-state index is -0.202. The molecule has 0 radical (unpaired) electrons. The van der Waals surface area contributed by atoms with Gasteiger partial charge < -0.3 is 9.88 Å². The van der Waals surface area contributed by atoms with Crippen molar-refractivity contribution in [2.45, 2.75) is 13.5 Å². The molecular weight excluding hydrogens is 292 g/mol. The van der Waals surface area contributed by atoms with E-state index in [0.29, 0.717) is 29.0 Å². The number of pyridine rings is 1. The number of H-pyrrole nitrogens is 1. The van der Waals surface area contributed by atoms with Crippen LogP contribution in [0.15, 0.2) is 53.5 Å². The summed E-state index contributed by atoms with van der Waals surface area (Å²) in [5.41, 5.74) is 0.789. The lowest BCUT2D eigenvalue weighted by Crippen LogP contribution is -2.32. The summed E-state index contributed by atoms with van der Waals surface area (Å²) in [6, 6.07) is 12.3. The minimum absolute atomic E-state index is 0.191. The van der Waals surface area contributed by atoms with Crippen LogP contribution in [0.25, 0.3) is 10.9 Å². The number of amides is 1. The van der Waals surface area contributed by atoms with Gasteiger partial charge in [0.15, 0.2) is 0 Å². The van der Waals surface area contributed by atoms with Crippen molar-refractivity contribution in [1.29, 1.82) is 0 Å². The summed E-state index contributed by atoms with van der Waals surface area (Å²) in [5.74, 6) is 0.267. The molecule has 0 atom stereocenters. The van der Waals surface area contributed by atoms with E-state index < -0.39 is 0 Å². The van der Waals surface area contributed by atoms with E-state index in [1.54, 1.807) is 47.5 Å². The van der Waals surface area contributed by atoms with Crippen LogP contribution >= 0.6 is 0 Å². The number of aromatic amines is 1. The van der Waals surface area contributed by atoms with Crippen molar-refractivity contribution in [1.82, 2.24) is 19.9 Å². The number of fused-ring (bicyclic) bond motifs is 1. The van der Waals surface area contributed by atoms with Gasteiger partial charge >= 0.3 is 0 Å². The third kappa shape index (κ3) is 3.11. The lowest BCUT2D eigenvalue weighted by molar-refractivity contribution is 0.0742. The summed E-state index contributed by atoms with van der Waals surface area (Å²) in [5, 5.41) is 0.537. The number of carbonyl (C=O) groups excluding carboxylic acids is 1. The summed E-state index contributed by atoms with van der Waals surface area (Å²) in [7, 11) is 0. The highest BCUT2D eigenvalue weighted by atomic mass is 16.2. The summed E-state index contributed by atoms with van der Waals surface area (Å²) in [4.78, 5) is 37.4. The van der Waals surface area contributed by atoms with Crippen LogP contribution in [0.4, 0.5) is 0 Å². The Morgan fingerprint density at radius 1 is 1.17 bits per heavy atom. The van der Waals surface area contributed by atoms with Gasteiger partial charge in [-0.1, -0.05) is 18.2 Å². The molecule has 0 unspecified atom stereocenters. The molecule has 2 heterocycles. The van der Waals surface area contributed by atoms with Crippen LogP contribution in [0.1, 0.15) is 23.2 Å². The van der Waals surface area contributed by atoms with E-state index in [-0.39, 0.29) is 18.0 Å². The van der Waals surface area contributed by atoms with Crippen LogP contribution in [0.3, 0.4) is 0 Å². The standard InChI is InChI=1S/C17H16N4O2/c1-2-21(17(23)14-9-5-6-10-18-14)11-15-19-13-8-4-3-7-12(13)16(22)20-15/h3-10H,2,11H2,1H3,(H,19,20,22). The van der Waals surface area contributed by atoms with Crippen molar-refractivity contribution < 1.29 is 4.79 Å². The molecule has 0 fully saturated rings. The Balaban J connectivity index is 1.90. The molecule has 1 N–H and O–H groups in total. The van der Waals surface area contributed by atoms with Crippen molar-refractivity contribution in [3.8, 4) is 0 Å². The first-order chi connectivity index (χ1) is 11.2. The van der Waals surface area contributed by atoms with Crippen molar-refractivity contribution >= 4 is 16.8 Å². The van der Waals surface area contributed by atoms with Crippen LogP contribution in [0.5, 0.6) is 0 Å². The summed E-state index contributed by atoms with van der Waals surface area (Å²) in [6.07, 6.45) is 1.58. The molecule has 6 nitrogen and oxygen atoms in total. The number of aromatic nitrogens is 3. The Hall–Kier alpha value is -3.02. The Morgan fingerprint density at radius 2 is 1.96 bits per heavy atom. The number of nitrogens with zero attached hydrogens (tertiary/aromatic N) is 3. The molecule has 0 bridgehead atoms. The zero-order chi connectivity index (χ0) is 16.2. The number of carbonyl (C=O) groups is 1.